The highest BCUT2D eigenvalue weighted by Crippen LogP contribution is 2.26. The molecule has 0 saturated heterocycles. The molecule has 0 saturated carbocycles. The lowest BCUT2D eigenvalue weighted by atomic mass is 10.2. The standard InChI is InChI=1S/C19H21NO7/c1-23-14-5-12(6-15(9-14)24-2)19(22)27-11-18(21)20-13-7-16(25-3)10-17(8-13)26-4/h5-10H,11H2,1-4H3,(H,20,21). The first-order valence-corrected chi connectivity index (χ1v) is 7.92. The molecule has 1 N–H and O–H groups in total. The van der Waals surface area contributed by atoms with E-state index >= 15 is 0 Å². The second-order valence-corrected chi connectivity index (χ2v) is 5.33. The molecule has 144 valence electrons. The first-order valence-electron chi connectivity index (χ1n) is 7.92. The van der Waals surface area contributed by atoms with Crippen molar-refractivity contribution in [3.8, 4) is 23.0 Å². The maximum absolute atomic E-state index is 12.2. The second kappa shape index (κ2) is 9.33. The molecule has 0 atom stereocenters. The number of ether oxygens (including phenoxy) is 5. The summed E-state index contributed by atoms with van der Waals surface area (Å²) in [5.74, 6) is 0.734. The summed E-state index contributed by atoms with van der Waals surface area (Å²) in [4.78, 5) is 24.3. The van der Waals surface area contributed by atoms with Crippen LogP contribution < -0.4 is 24.3 Å². The molecule has 0 aliphatic heterocycles. The second-order valence-electron chi connectivity index (χ2n) is 5.33. The molecule has 0 aromatic heterocycles. The number of hydrogen-bond donors (Lipinski definition) is 1. The summed E-state index contributed by atoms with van der Waals surface area (Å²) >= 11 is 0. The molecule has 2 rings (SSSR count). The van der Waals surface area contributed by atoms with Crippen LogP contribution in [-0.4, -0.2) is 46.9 Å². The van der Waals surface area contributed by atoms with Crippen molar-refractivity contribution in [1.82, 2.24) is 0 Å². The molecule has 8 nitrogen and oxygen atoms in total. The number of esters is 1. The van der Waals surface area contributed by atoms with Crippen LogP contribution in [0.1, 0.15) is 10.4 Å². The van der Waals surface area contributed by atoms with Crippen molar-refractivity contribution in [2.24, 2.45) is 0 Å². The lowest BCUT2D eigenvalue weighted by molar-refractivity contribution is -0.119. The Hall–Kier alpha value is -3.42. The van der Waals surface area contributed by atoms with E-state index in [4.69, 9.17) is 23.7 Å². The zero-order chi connectivity index (χ0) is 19.8. The van der Waals surface area contributed by atoms with Crippen molar-refractivity contribution in [2.45, 2.75) is 0 Å². The van der Waals surface area contributed by atoms with E-state index in [2.05, 4.69) is 5.32 Å². The minimum Gasteiger partial charge on any atom is -0.497 e. The molecule has 0 fully saturated rings. The van der Waals surface area contributed by atoms with E-state index in [0.717, 1.165) is 0 Å². The van der Waals surface area contributed by atoms with Gasteiger partial charge >= 0.3 is 5.97 Å². The van der Waals surface area contributed by atoms with Gasteiger partial charge in [-0.2, -0.15) is 0 Å². The average molecular weight is 375 g/mol. The van der Waals surface area contributed by atoms with Crippen LogP contribution in [0.5, 0.6) is 23.0 Å². The van der Waals surface area contributed by atoms with E-state index in [1.165, 1.54) is 40.6 Å². The monoisotopic (exact) mass is 375 g/mol. The molecule has 8 heteroatoms. The third-order valence-corrected chi connectivity index (χ3v) is 3.56. The van der Waals surface area contributed by atoms with Crippen LogP contribution >= 0.6 is 0 Å². The third kappa shape index (κ3) is 5.53. The minimum absolute atomic E-state index is 0.210. The maximum atomic E-state index is 12.2. The van der Waals surface area contributed by atoms with E-state index in [0.29, 0.717) is 28.7 Å². The topological polar surface area (TPSA) is 92.3 Å². The predicted molar refractivity (Wildman–Crippen MR) is 98.0 cm³/mol. The predicted octanol–water partition coefficient (Wildman–Crippen LogP) is 2.52. The van der Waals surface area contributed by atoms with E-state index < -0.39 is 18.5 Å². The van der Waals surface area contributed by atoms with Crippen molar-refractivity contribution >= 4 is 17.6 Å². The van der Waals surface area contributed by atoms with Gasteiger partial charge in [-0.25, -0.2) is 4.79 Å². The van der Waals surface area contributed by atoms with Crippen molar-refractivity contribution in [3.05, 3.63) is 42.0 Å². The zero-order valence-electron chi connectivity index (χ0n) is 15.5. The van der Waals surface area contributed by atoms with Crippen molar-refractivity contribution in [1.29, 1.82) is 0 Å². The normalized spacial score (nSPS) is 9.93. The Bertz CT molecular complexity index is 775. The van der Waals surface area contributed by atoms with Crippen LogP contribution in [0, 0.1) is 0 Å². The van der Waals surface area contributed by atoms with Gasteiger partial charge in [-0.05, 0) is 12.1 Å². The number of methoxy groups -OCH3 is 4. The fourth-order valence-electron chi connectivity index (χ4n) is 2.22. The fourth-order valence-corrected chi connectivity index (χ4v) is 2.22. The maximum Gasteiger partial charge on any atom is 0.338 e. The van der Waals surface area contributed by atoms with Crippen LogP contribution in [0.2, 0.25) is 0 Å². The van der Waals surface area contributed by atoms with E-state index in [1.54, 1.807) is 24.3 Å². The number of carbonyl (C=O) groups excluding carboxylic acids is 2. The minimum atomic E-state index is -0.675. The van der Waals surface area contributed by atoms with Gasteiger partial charge in [0.15, 0.2) is 6.61 Å². The lowest BCUT2D eigenvalue weighted by Gasteiger charge is -2.11. The van der Waals surface area contributed by atoms with E-state index in [1.807, 2.05) is 0 Å². The summed E-state index contributed by atoms with van der Waals surface area (Å²) in [6, 6.07) is 9.53. The summed E-state index contributed by atoms with van der Waals surface area (Å²) in [5.41, 5.74) is 0.664. The van der Waals surface area contributed by atoms with Gasteiger partial charge in [0, 0.05) is 30.0 Å². The molecule has 1 amide bonds. The van der Waals surface area contributed by atoms with Gasteiger partial charge in [-0.3, -0.25) is 4.79 Å². The first kappa shape index (κ1) is 19.9. The van der Waals surface area contributed by atoms with Crippen LogP contribution in [0.25, 0.3) is 0 Å². The van der Waals surface area contributed by atoms with Crippen LogP contribution in [0.4, 0.5) is 5.69 Å². The SMILES string of the molecule is COc1cc(NC(=O)COC(=O)c2cc(OC)cc(OC)c2)cc(OC)c1. The van der Waals surface area contributed by atoms with Gasteiger partial charge in [0.2, 0.25) is 0 Å². The lowest BCUT2D eigenvalue weighted by Crippen LogP contribution is -2.21. The van der Waals surface area contributed by atoms with Crippen LogP contribution in [-0.2, 0) is 9.53 Å². The quantitative estimate of drug-likeness (QED) is 0.709. The number of nitrogens with one attached hydrogen (secondary N) is 1. The number of rotatable bonds is 8. The van der Waals surface area contributed by atoms with Crippen molar-refractivity contribution in [2.75, 3.05) is 40.4 Å². The van der Waals surface area contributed by atoms with Crippen molar-refractivity contribution < 1.29 is 33.3 Å². The highest BCUT2D eigenvalue weighted by atomic mass is 16.5. The zero-order valence-corrected chi connectivity index (χ0v) is 15.5. The average Bonchev–Trinajstić information content (AvgIpc) is 2.70. The number of benzene rings is 2. The number of carbonyl (C=O) groups is 2. The Morgan fingerprint density at radius 1 is 0.741 bits per heavy atom. The summed E-state index contributed by atoms with van der Waals surface area (Å²) in [5, 5.41) is 2.62. The summed E-state index contributed by atoms with van der Waals surface area (Å²) in [6.07, 6.45) is 0. The van der Waals surface area contributed by atoms with Crippen LogP contribution in [0.15, 0.2) is 36.4 Å². The molecule has 0 radical (unpaired) electrons. The third-order valence-electron chi connectivity index (χ3n) is 3.56. The summed E-state index contributed by atoms with van der Waals surface area (Å²) in [6.45, 7) is -0.460. The summed E-state index contributed by atoms with van der Waals surface area (Å²) in [7, 11) is 5.95. The number of amides is 1. The molecule has 0 bridgehead atoms. The largest absolute Gasteiger partial charge is 0.497 e. The Morgan fingerprint density at radius 3 is 1.63 bits per heavy atom. The first-order chi connectivity index (χ1) is 13.0. The number of anilines is 1. The van der Waals surface area contributed by atoms with Gasteiger partial charge in [0.05, 0.1) is 34.0 Å². The Balaban J connectivity index is 2.00. The van der Waals surface area contributed by atoms with Gasteiger partial charge in [-0.15, -0.1) is 0 Å². The van der Waals surface area contributed by atoms with Crippen LogP contribution in [0.3, 0.4) is 0 Å². The summed E-state index contributed by atoms with van der Waals surface area (Å²) < 4.78 is 25.5. The Labute approximate surface area is 156 Å². The molecule has 0 heterocycles. The molecule has 0 unspecified atom stereocenters. The molecular formula is C19H21NO7. The number of hydrogen-bond acceptors (Lipinski definition) is 7. The Morgan fingerprint density at radius 2 is 1.19 bits per heavy atom. The van der Waals surface area contributed by atoms with Gasteiger partial charge in [-0.1, -0.05) is 0 Å². The molecular weight excluding hydrogens is 354 g/mol. The molecule has 0 spiro atoms. The molecule has 2 aromatic carbocycles. The van der Waals surface area contributed by atoms with Crippen molar-refractivity contribution in [3.63, 3.8) is 0 Å². The van der Waals surface area contributed by atoms with E-state index in [9.17, 15) is 9.59 Å². The van der Waals surface area contributed by atoms with Gasteiger partial charge in [0.25, 0.3) is 5.91 Å². The molecule has 27 heavy (non-hydrogen) atoms. The van der Waals surface area contributed by atoms with E-state index in [-0.39, 0.29) is 5.56 Å². The van der Waals surface area contributed by atoms with Gasteiger partial charge < -0.3 is 29.0 Å². The smallest absolute Gasteiger partial charge is 0.338 e. The van der Waals surface area contributed by atoms with Gasteiger partial charge in [0.1, 0.15) is 23.0 Å². The highest BCUT2D eigenvalue weighted by molar-refractivity contribution is 5.96. The fraction of sp³-hybridized carbons (Fsp3) is 0.263. The Kier molecular flexibility index (Phi) is 6.87. The molecule has 0 aliphatic carbocycles. The highest BCUT2D eigenvalue weighted by Gasteiger charge is 2.14. The molecule has 2 aromatic rings. The molecule has 0 aliphatic rings.